The number of benzene rings is 1. The molecule has 5 heteroatoms. The molecule has 0 spiro atoms. The van der Waals surface area contributed by atoms with Crippen molar-refractivity contribution < 1.29 is 14.7 Å². The summed E-state index contributed by atoms with van der Waals surface area (Å²) >= 11 is 6.26. The normalized spacial score (nSPS) is 23.0. The van der Waals surface area contributed by atoms with E-state index in [4.69, 9.17) is 11.6 Å². The van der Waals surface area contributed by atoms with Crippen LogP contribution in [0.1, 0.15) is 44.2 Å². The van der Waals surface area contributed by atoms with Crippen LogP contribution in [0.5, 0.6) is 0 Å². The molecule has 0 aromatic heterocycles. The first-order valence-electron chi connectivity index (χ1n) is 7.33. The van der Waals surface area contributed by atoms with E-state index >= 15 is 0 Å². The van der Waals surface area contributed by atoms with Gasteiger partial charge in [0.25, 0.3) is 0 Å². The third kappa shape index (κ3) is 3.38. The van der Waals surface area contributed by atoms with Gasteiger partial charge in [-0.3, -0.25) is 9.59 Å². The van der Waals surface area contributed by atoms with Gasteiger partial charge in [0.1, 0.15) is 0 Å². The molecule has 1 aromatic rings. The third-order valence-electron chi connectivity index (χ3n) is 3.95. The molecule has 1 aromatic carbocycles. The molecule has 1 aliphatic rings. The fraction of sp³-hybridized carbons (Fsp3) is 0.500. The number of hydrogen-bond acceptors (Lipinski definition) is 2. The van der Waals surface area contributed by atoms with E-state index in [2.05, 4.69) is 0 Å². The Labute approximate surface area is 129 Å². The van der Waals surface area contributed by atoms with Crippen molar-refractivity contribution in [1.29, 1.82) is 0 Å². The number of carbonyl (C=O) groups excluding carboxylic acids is 1. The Morgan fingerprint density at radius 3 is 2.76 bits per heavy atom. The van der Waals surface area contributed by atoms with Crippen LogP contribution >= 0.6 is 11.6 Å². The van der Waals surface area contributed by atoms with Gasteiger partial charge in [0.15, 0.2) is 0 Å². The van der Waals surface area contributed by atoms with Crippen molar-refractivity contribution in [3.05, 3.63) is 34.9 Å². The highest BCUT2D eigenvalue weighted by molar-refractivity contribution is 6.31. The van der Waals surface area contributed by atoms with Gasteiger partial charge in [-0.1, -0.05) is 36.7 Å². The third-order valence-corrected chi connectivity index (χ3v) is 4.29. The van der Waals surface area contributed by atoms with Crippen molar-refractivity contribution in [2.75, 3.05) is 6.54 Å². The van der Waals surface area contributed by atoms with Crippen molar-refractivity contribution >= 4 is 23.5 Å². The van der Waals surface area contributed by atoms with Crippen LogP contribution in [0, 0.1) is 5.92 Å². The predicted molar refractivity (Wildman–Crippen MR) is 81.2 cm³/mol. The lowest BCUT2D eigenvalue weighted by molar-refractivity contribution is -0.146. The molecule has 114 valence electrons. The van der Waals surface area contributed by atoms with E-state index in [-0.39, 0.29) is 5.91 Å². The maximum Gasteiger partial charge on any atom is 0.308 e. The molecule has 1 aliphatic heterocycles. The summed E-state index contributed by atoms with van der Waals surface area (Å²) in [5, 5.41) is 10.1. The van der Waals surface area contributed by atoms with E-state index in [1.54, 1.807) is 11.0 Å². The monoisotopic (exact) mass is 309 g/mol. The summed E-state index contributed by atoms with van der Waals surface area (Å²) in [6, 6.07) is 6.73. The highest BCUT2D eigenvalue weighted by atomic mass is 35.5. The number of carboxylic acids is 1. The maximum atomic E-state index is 12.4. The van der Waals surface area contributed by atoms with E-state index in [0.717, 1.165) is 12.0 Å². The summed E-state index contributed by atoms with van der Waals surface area (Å²) in [6.07, 6.45) is 2.30. The molecule has 0 radical (unpaired) electrons. The summed E-state index contributed by atoms with van der Waals surface area (Å²) < 4.78 is 0. The lowest BCUT2D eigenvalue weighted by atomic mass is 9.89. The number of halogens is 1. The molecule has 0 bridgehead atoms. The Bertz CT molecular complexity index is 532. The van der Waals surface area contributed by atoms with Crippen molar-refractivity contribution in [3.8, 4) is 0 Å². The first-order chi connectivity index (χ1) is 10.1. The van der Waals surface area contributed by atoms with Crippen LogP contribution in [0.3, 0.4) is 0 Å². The molecule has 2 atom stereocenters. The molecule has 21 heavy (non-hydrogen) atoms. The number of hydrogen-bond donors (Lipinski definition) is 1. The molecule has 2 rings (SSSR count). The van der Waals surface area contributed by atoms with Gasteiger partial charge in [-0.15, -0.1) is 0 Å². The Balaban J connectivity index is 2.50. The molecule has 2 unspecified atom stereocenters. The molecule has 1 fully saturated rings. The van der Waals surface area contributed by atoms with Crippen LogP contribution in [-0.4, -0.2) is 28.4 Å². The zero-order valence-electron chi connectivity index (χ0n) is 12.1. The summed E-state index contributed by atoms with van der Waals surface area (Å²) in [6.45, 7) is 2.54. The number of likely N-dealkylation sites (tertiary alicyclic amines) is 1. The minimum absolute atomic E-state index is 0.0190. The van der Waals surface area contributed by atoms with E-state index < -0.39 is 17.9 Å². The first-order valence-corrected chi connectivity index (χ1v) is 7.70. The lowest BCUT2D eigenvalue weighted by Crippen LogP contribution is -2.39. The van der Waals surface area contributed by atoms with Crippen LogP contribution in [-0.2, 0) is 9.59 Å². The van der Waals surface area contributed by atoms with Gasteiger partial charge in [-0.05, 0) is 30.9 Å². The predicted octanol–water partition coefficient (Wildman–Crippen LogP) is 3.50. The zero-order valence-corrected chi connectivity index (χ0v) is 12.8. The molecule has 1 saturated heterocycles. The molecule has 0 aliphatic carbocycles. The highest BCUT2D eigenvalue weighted by Gasteiger charge is 2.39. The first kappa shape index (κ1) is 15.8. The smallest absolute Gasteiger partial charge is 0.308 e. The summed E-state index contributed by atoms with van der Waals surface area (Å²) in [4.78, 5) is 25.7. The van der Waals surface area contributed by atoms with E-state index in [1.165, 1.54) is 0 Å². The van der Waals surface area contributed by atoms with Crippen molar-refractivity contribution in [2.45, 2.75) is 38.6 Å². The number of aliphatic carboxylic acids is 1. The lowest BCUT2D eigenvalue weighted by Gasteiger charge is -2.34. The summed E-state index contributed by atoms with van der Waals surface area (Å²) in [5.74, 6) is -1.45. The van der Waals surface area contributed by atoms with Gasteiger partial charge in [0, 0.05) is 18.0 Å². The fourth-order valence-electron chi connectivity index (χ4n) is 3.01. The standard InChI is InChI=1S/C16H20ClNO3/c1-2-10-18-14(19)9-5-7-12(16(20)21)15(18)11-6-3-4-8-13(11)17/h3-4,6,8,12,15H,2,5,7,9-10H2,1H3,(H,20,21). The fourth-order valence-corrected chi connectivity index (χ4v) is 3.26. The van der Waals surface area contributed by atoms with Gasteiger partial charge in [0.05, 0.1) is 12.0 Å². The minimum Gasteiger partial charge on any atom is -0.481 e. The van der Waals surface area contributed by atoms with Crippen LogP contribution < -0.4 is 0 Å². The number of carboxylic acid groups (broad SMARTS) is 1. The topological polar surface area (TPSA) is 57.6 Å². The summed E-state index contributed by atoms with van der Waals surface area (Å²) in [7, 11) is 0. The van der Waals surface area contributed by atoms with Crippen LogP contribution in [0.25, 0.3) is 0 Å². The zero-order chi connectivity index (χ0) is 15.4. The second kappa shape index (κ2) is 6.94. The maximum absolute atomic E-state index is 12.4. The molecule has 4 nitrogen and oxygen atoms in total. The molecule has 0 saturated carbocycles. The number of rotatable bonds is 4. The van der Waals surface area contributed by atoms with Gasteiger partial charge >= 0.3 is 5.97 Å². The van der Waals surface area contributed by atoms with E-state index in [9.17, 15) is 14.7 Å². The summed E-state index contributed by atoms with van der Waals surface area (Å²) in [5.41, 5.74) is 0.732. The van der Waals surface area contributed by atoms with Crippen molar-refractivity contribution in [1.82, 2.24) is 4.90 Å². The van der Waals surface area contributed by atoms with Gasteiger partial charge in [-0.25, -0.2) is 0 Å². The second-order valence-corrected chi connectivity index (χ2v) is 5.80. The average Bonchev–Trinajstić information content (AvgIpc) is 2.60. The number of nitrogens with zero attached hydrogens (tertiary/aromatic N) is 1. The Hall–Kier alpha value is -1.55. The second-order valence-electron chi connectivity index (χ2n) is 5.39. The SMILES string of the molecule is CCCN1C(=O)CCCC(C(=O)O)C1c1ccccc1Cl. The molecule has 1 N–H and O–H groups in total. The van der Waals surface area contributed by atoms with E-state index in [1.807, 2.05) is 25.1 Å². The number of carbonyl (C=O) groups is 2. The number of amides is 1. The Kier molecular flexibility index (Phi) is 5.23. The van der Waals surface area contributed by atoms with Crippen LogP contribution in [0.2, 0.25) is 5.02 Å². The average molecular weight is 310 g/mol. The molecule has 1 heterocycles. The van der Waals surface area contributed by atoms with Crippen molar-refractivity contribution in [3.63, 3.8) is 0 Å². The quantitative estimate of drug-likeness (QED) is 0.926. The molecular formula is C16H20ClNO3. The van der Waals surface area contributed by atoms with E-state index in [0.29, 0.717) is 30.8 Å². The largest absolute Gasteiger partial charge is 0.481 e. The van der Waals surface area contributed by atoms with Gasteiger partial charge in [0.2, 0.25) is 5.91 Å². The molecular weight excluding hydrogens is 290 g/mol. The highest BCUT2D eigenvalue weighted by Crippen LogP contribution is 2.38. The van der Waals surface area contributed by atoms with Crippen LogP contribution in [0.15, 0.2) is 24.3 Å². The minimum atomic E-state index is -0.865. The van der Waals surface area contributed by atoms with Crippen molar-refractivity contribution in [2.24, 2.45) is 5.92 Å². The van der Waals surface area contributed by atoms with Crippen LogP contribution in [0.4, 0.5) is 0 Å². The van der Waals surface area contributed by atoms with Gasteiger partial charge < -0.3 is 10.0 Å². The Morgan fingerprint density at radius 2 is 2.14 bits per heavy atom. The van der Waals surface area contributed by atoms with Gasteiger partial charge in [-0.2, -0.15) is 0 Å². The molecule has 1 amide bonds. The Morgan fingerprint density at radius 1 is 1.43 bits per heavy atom.